The Morgan fingerprint density at radius 2 is 1.89 bits per heavy atom. The highest BCUT2D eigenvalue weighted by Crippen LogP contribution is 2.38. The van der Waals surface area contributed by atoms with Crippen molar-refractivity contribution >= 4 is 40.3 Å². The number of hydrogen-bond donors (Lipinski definition) is 2. The number of anilines is 2. The fraction of sp³-hybridized carbons (Fsp3) is 0.333. The molecule has 4 aromatic rings. The van der Waals surface area contributed by atoms with Crippen LogP contribution in [0.15, 0.2) is 54.2 Å². The number of carbonyl (C=O) groups is 1. The Balaban J connectivity index is 1.50. The van der Waals surface area contributed by atoms with Crippen molar-refractivity contribution in [3.8, 4) is 22.6 Å². The highest BCUT2D eigenvalue weighted by molar-refractivity contribution is 6.35. The third-order valence-electron chi connectivity index (χ3n) is 7.13. The van der Waals surface area contributed by atoms with Crippen molar-refractivity contribution in [1.82, 2.24) is 29.4 Å². The smallest absolute Gasteiger partial charge is 0.260 e. The Labute approximate surface area is 258 Å². The summed E-state index contributed by atoms with van der Waals surface area (Å²) in [6, 6.07) is 5.08. The van der Waals surface area contributed by atoms with Gasteiger partial charge in [-0.05, 0) is 18.2 Å². The van der Waals surface area contributed by atoms with Gasteiger partial charge in [-0.2, -0.15) is 4.98 Å². The monoisotopic (exact) mass is 620 g/mol. The zero-order valence-corrected chi connectivity index (χ0v) is 25.3. The number of fused-ring (bicyclic) bond motifs is 1. The molecule has 0 radical (unpaired) electrons. The number of carbonyl (C=O) groups excluding carboxylic acids is 1. The molecular weight excluding hydrogens is 588 g/mol. The number of amides is 1. The molecule has 1 saturated heterocycles. The van der Waals surface area contributed by atoms with Crippen LogP contribution in [0.2, 0.25) is 5.02 Å². The number of pyridine rings is 1. The molecule has 3 aromatic heterocycles. The van der Waals surface area contributed by atoms with Crippen molar-refractivity contribution in [3.63, 3.8) is 0 Å². The number of nitrogens with one attached hydrogen (secondary N) is 2. The molecule has 2 N–H and O–H groups in total. The van der Waals surface area contributed by atoms with E-state index in [0.29, 0.717) is 64.1 Å². The topological polar surface area (TPSA) is 146 Å². The van der Waals surface area contributed by atoms with Crippen molar-refractivity contribution in [2.45, 2.75) is 13.0 Å². The van der Waals surface area contributed by atoms with Crippen molar-refractivity contribution in [2.75, 3.05) is 64.2 Å². The van der Waals surface area contributed by atoms with E-state index >= 15 is 0 Å². The standard InChI is InChI=1S/C30H33ClN8O5/c1-4-26(40)36-25-18-33-20(17-34-25)5-7-39-28-19(16-35-30(37-28)32-6-8-38-9-11-44-12-10-38)13-23(29(39)41)22-14-21(42-2)15-24(43-3)27(22)31/h4,13-18H,1,5-12H2,2-3H3,(H,32,35,37)(H,34,36,40). The van der Waals surface area contributed by atoms with Crippen LogP contribution in [0, 0.1) is 0 Å². The van der Waals surface area contributed by atoms with Crippen LogP contribution in [0.4, 0.5) is 11.8 Å². The third kappa shape index (κ3) is 7.13. The lowest BCUT2D eigenvalue weighted by molar-refractivity contribution is -0.111. The number of morpholine rings is 1. The number of aromatic nitrogens is 5. The Kier molecular flexibility index (Phi) is 10.00. The molecule has 1 aromatic carbocycles. The number of ether oxygens (including phenoxy) is 3. The van der Waals surface area contributed by atoms with Crippen LogP contribution in [0.3, 0.4) is 0 Å². The summed E-state index contributed by atoms with van der Waals surface area (Å²) in [4.78, 5) is 45.9. The van der Waals surface area contributed by atoms with Gasteiger partial charge in [0.25, 0.3) is 5.56 Å². The Morgan fingerprint density at radius 1 is 1.07 bits per heavy atom. The Hall–Kier alpha value is -4.59. The molecule has 44 heavy (non-hydrogen) atoms. The first-order valence-corrected chi connectivity index (χ1v) is 14.4. The first-order valence-electron chi connectivity index (χ1n) is 14.0. The van der Waals surface area contributed by atoms with Gasteiger partial charge in [-0.1, -0.05) is 18.2 Å². The summed E-state index contributed by atoms with van der Waals surface area (Å²) < 4.78 is 17.9. The van der Waals surface area contributed by atoms with E-state index in [1.807, 2.05) is 0 Å². The van der Waals surface area contributed by atoms with Crippen molar-refractivity contribution in [1.29, 1.82) is 0 Å². The lowest BCUT2D eigenvalue weighted by Gasteiger charge is -2.26. The minimum absolute atomic E-state index is 0.235. The summed E-state index contributed by atoms with van der Waals surface area (Å²) in [5.74, 6) is 1.19. The van der Waals surface area contributed by atoms with Gasteiger partial charge in [0.2, 0.25) is 11.9 Å². The van der Waals surface area contributed by atoms with Crippen LogP contribution < -0.4 is 25.7 Å². The van der Waals surface area contributed by atoms with Crippen molar-refractivity contribution < 1.29 is 19.0 Å². The van der Waals surface area contributed by atoms with E-state index in [0.717, 1.165) is 38.9 Å². The van der Waals surface area contributed by atoms with E-state index in [1.165, 1.54) is 20.4 Å². The molecule has 0 atom stereocenters. The Bertz CT molecular complexity index is 1710. The van der Waals surface area contributed by atoms with E-state index in [9.17, 15) is 9.59 Å². The average Bonchev–Trinajstić information content (AvgIpc) is 3.05. The lowest BCUT2D eigenvalue weighted by Crippen LogP contribution is -2.39. The number of benzene rings is 1. The van der Waals surface area contributed by atoms with Crippen molar-refractivity contribution in [2.24, 2.45) is 0 Å². The fourth-order valence-corrected chi connectivity index (χ4v) is 5.07. The molecule has 1 aliphatic heterocycles. The van der Waals surface area contributed by atoms with Crippen LogP contribution in [0.5, 0.6) is 11.5 Å². The molecule has 13 nitrogen and oxygen atoms in total. The highest BCUT2D eigenvalue weighted by atomic mass is 35.5. The largest absolute Gasteiger partial charge is 0.497 e. The molecule has 1 amide bonds. The summed E-state index contributed by atoms with van der Waals surface area (Å²) in [7, 11) is 3.03. The first kappa shape index (κ1) is 30.9. The quantitative estimate of drug-likeness (QED) is 0.225. The van der Waals surface area contributed by atoms with Gasteiger partial charge in [0.05, 0.1) is 50.5 Å². The van der Waals surface area contributed by atoms with E-state index < -0.39 is 0 Å². The number of methoxy groups -OCH3 is 2. The number of nitrogens with zero attached hydrogens (tertiary/aromatic N) is 6. The van der Waals surface area contributed by atoms with Crippen LogP contribution in [0.25, 0.3) is 22.2 Å². The molecule has 0 bridgehead atoms. The minimum Gasteiger partial charge on any atom is -0.497 e. The minimum atomic E-state index is -0.385. The van der Waals surface area contributed by atoms with Crippen LogP contribution in [-0.2, 0) is 22.5 Å². The van der Waals surface area contributed by atoms with E-state index in [-0.39, 0.29) is 23.0 Å². The summed E-state index contributed by atoms with van der Waals surface area (Å²) in [5.41, 5.74) is 1.56. The average molecular weight is 621 g/mol. The molecule has 1 aliphatic rings. The van der Waals surface area contributed by atoms with Gasteiger partial charge in [0.15, 0.2) is 5.82 Å². The van der Waals surface area contributed by atoms with Crippen LogP contribution in [0.1, 0.15) is 5.69 Å². The van der Waals surface area contributed by atoms with Gasteiger partial charge in [-0.25, -0.2) is 9.97 Å². The second kappa shape index (κ2) is 14.3. The van der Waals surface area contributed by atoms with Crippen LogP contribution in [-0.4, -0.2) is 88.9 Å². The predicted octanol–water partition coefficient (Wildman–Crippen LogP) is 3.03. The van der Waals surface area contributed by atoms with E-state index in [2.05, 4.69) is 37.1 Å². The summed E-state index contributed by atoms with van der Waals surface area (Å²) in [5, 5.41) is 6.77. The number of hydrogen-bond acceptors (Lipinski definition) is 11. The van der Waals surface area contributed by atoms with E-state index in [4.69, 9.17) is 30.8 Å². The maximum atomic E-state index is 14.1. The van der Waals surface area contributed by atoms with Crippen LogP contribution >= 0.6 is 11.6 Å². The number of aryl methyl sites for hydroxylation is 2. The zero-order chi connectivity index (χ0) is 31.1. The number of rotatable bonds is 12. The fourth-order valence-electron chi connectivity index (χ4n) is 4.78. The summed E-state index contributed by atoms with van der Waals surface area (Å²) >= 11 is 6.69. The maximum Gasteiger partial charge on any atom is 0.260 e. The van der Waals surface area contributed by atoms with Gasteiger partial charge in [0.1, 0.15) is 17.1 Å². The van der Waals surface area contributed by atoms with Gasteiger partial charge in [0, 0.05) is 67.9 Å². The molecule has 5 rings (SSSR count). The molecule has 230 valence electrons. The predicted molar refractivity (Wildman–Crippen MR) is 168 cm³/mol. The lowest BCUT2D eigenvalue weighted by atomic mass is 10.0. The van der Waals surface area contributed by atoms with Gasteiger partial charge >= 0.3 is 0 Å². The van der Waals surface area contributed by atoms with Gasteiger partial charge < -0.3 is 24.8 Å². The molecule has 0 spiro atoms. The molecule has 0 aliphatic carbocycles. The zero-order valence-electron chi connectivity index (χ0n) is 24.5. The summed E-state index contributed by atoms with van der Waals surface area (Å²) in [6.45, 7) is 8.32. The first-order chi connectivity index (χ1) is 21.4. The molecule has 0 unspecified atom stereocenters. The van der Waals surface area contributed by atoms with Gasteiger partial charge in [-0.3, -0.25) is 24.0 Å². The number of halogens is 1. The third-order valence-corrected chi connectivity index (χ3v) is 7.52. The maximum absolute atomic E-state index is 14.1. The normalized spacial score (nSPS) is 13.4. The molecular formula is C30H33ClN8O5. The van der Waals surface area contributed by atoms with E-state index in [1.54, 1.807) is 35.2 Å². The van der Waals surface area contributed by atoms with Crippen molar-refractivity contribution in [3.05, 3.63) is 70.5 Å². The molecule has 0 saturated carbocycles. The molecule has 4 heterocycles. The highest BCUT2D eigenvalue weighted by Gasteiger charge is 2.19. The second-order valence-electron chi connectivity index (χ2n) is 9.90. The molecule has 14 heteroatoms. The Morgan fingerprint density at radius 3 is 2.59 bits per heavy atom. The second-order valence-corrected chi connectivity index (χ2v) is 10.3. The summed E-state index contributed by atoms with van der Waals surface area (Å²) in [6.07, 6.45) is 6.20. The SMILES string of the molecule is C=CC(=O)Nc1cnc(CCn2c(=O)c(-c3cc(OC)cc(OC)c3Cl)cc3cnc(NCCN4CCOCC4)nc32)cn1. The molecule has 1 fully saturated rings. The van der Waals surface area contributed by atoms with Gasteiger partial charge in [-0.15, -0.1) is 0 Å².